The summed E-state index contributed by atoms with van der Waals surface area (Å²) in [6, 6.07) is 4.33. The predicted octanol–water partition coefficient (Wildman–Crippen LogP) is 3.19. The minimum absolute atomic E-state index is 0.00335. The molecule has 2 aromatic heterocycles. The molecule has 0 radical (unpaired) electrons. The quantitative estimate of drug-likeness (QED) is 0.697. The highest BCUT2D eigenvalue weighted by Crippen LogP contribution is 2.27. The monoisotopic (exact) mass is 306 g/mol. The molecule has 0 amide bonds. The maximum absolute atomic E-state index is 12.5. The van der Waals surface area contributed by atoms with Crippen LogP contribution in [0, 0.1) is 0 Å². The van der Waals surface area contributed by atoms with Crippen molar-refractivity contribution in [2.45, 2.75) is 17.8 Å². The molecule has 0 fully saturated rings. The summed E-state index contributed by atoms with van der Waals surface area (Å²) in [4.78, 5) is 18.0. The zero-order chi connectivity index (χ0) is 13.9. The standard InChI is InChI=1S/C11H9F3N2OS2/c12-11(13,14)8-6-9(17)16-10(15-8)19-5-3-7-2-1-4-18-7/h1-2,4,6H,3,5H2,(H,15,16,17). The van der Waals surface area contributed by atoms with E-state index in [0.717, 1.165) is 23.1 Å². The van der Waals surface area contributed by atoms with Gasteiger partial charge in [0.05, 0.1) is 0 Å². The molecule has 2 aromatic rings. The average molecular weight is 306 g/mol. The van der Waals surface area contributed by atoms with Crippen molar-refractivity contribution < 1.29 is 13.2 Å². The van der Waals surface area contributed by atoms with E-state index in [1.54, 1.807) is 11.3 Å². The molecule has 0 aliphatic rings. The molecule has 102 valence electrons. The van der Waals surface area contributed by atoms with Crippen LogP contribution in [0.1, 0.15) is 10.6 Å². The second-order valence-corrected chi connectivity index (χ2v) is 5.73. The van der Waals surface area contributed by atoms with Crippen LogP contribution < -0.4 is 5.56 Å². The van der Waals surface area contributed by atoms with Crippen LogP contribution >= 0.6 is 23.1 Å². The maximum atomic E-state index is 12.5. The largest absolute Gasteiger partial charge is 0.433 e. The van der Waals surface area contributed by atoms with Crippen LogP contribution in [0.5, 0.6) is 0 Å². The molecule has 0 aliphatic carbocycles. The zero-order valence-corrected chi connectivity index (χ0v) is 11.2. The second-order valence-electron chi connectivity index (χ2n) is 3.61. The predicted molar refractivity (Wildman–Crippen MR) is 68.6 cm³/mol. The van der Waals surface area contributed by atoms with Crippen molar-refractivity contribution >= 4 is 23.1 Å². The molecule has 0 unspecified atom stereocenters. The number of thioether (sulfide) groups is 1. The van der Waals surface area contributed by atoms with E-state index < -0.39 is 17.4 Å². The highest BCUT2D eigenvalue weighted by atomic mass is 32.2. The van der Waals surface area contributed by atoms with E-state index in [0.29, 0.717) is 11.8 Å². The number of alkyl halides is 3. The molecule has 0 saturated heterocycles. The van der Waals surface area contributed by atoms with E-state index in [2.05, 4.69) is 9.97 Å². The molecule has 1 N–H and O–H groups in total. The van der Waals surface area contributed by atoms with E-state index in [-0.39, 0.29) is 5.16 Å². The Morgan fingerprint density at radius 1 is 1.42 bits per heavy atom. The minimum Gasteiger partial charge on any atom is -0.301 e. The smallest absolute Gasteiger partial charge is 0.301 e. The third kappa shape index (κ3) is 4.10. The fraction of sp³-hybridized carbons (Fsp3) is 0.273. The van der Waals surface area contributed by atoms with Gasteiger partial charge in [0, 0.05) is 16.7 Å². The lowest BCUT2D eigenvalue weighted by Gasteiger charge is -2.06. The summed E-state index contributed by atoms with van der Waals surface area (Å²) in [5.74, 6) is 0.560. The molecule has 19 heavy (non-hydrogen) atoms. The lowest BCUT2D eigenvalue weighted by Crippen LogP contribution is -2.16. The molecule has 0 spiro atoms. The third-order valence-corrected chi connectivity index (χ3v) is 3.99. The molecule has 0 saturated carbocycles. The number of hydrogen-bond acceptors (Lipinski definition) is 4. The summed E-state index contributed by atoms with van der Waals surface area (Å²) >= 11 is 2.69. The number of aromatic nitrogens is 2. The van der Waals surface area contributed by atoms with Gasteiger partial charge in [0.15, 0.2) is 10.9 Å². The van der Waals surface area contributed by atoms with Gasteiger partial charge >= 0.3 is 6.18 Å². The Morgan fingerprint density at radius 3 is 2.84 bits per heavy atom. The summed E-state index contributed by atoms with van der Waals surface area (Å²) < 4.78 is 37.4. The van der Waals surface area contributed by atoms with Gasteiger partial charge in [-0.3, -0.25) is 4.79 Å². The van der Waals surface area contributed by atoms with E-state index in [9.17, 15) is 18.0 Å². The Morgan fingerprint density at radius 2 is 2.21 bits per heavy atom. The van der Waals surface area contributed by atoms with Gasteiger partial charge in [-0.05, 0) is 17.9 Å². The van der Waals surface area contributed by atoms with Crippen molar-refractivity contribution in [1.29, 1.82) is 0 Å². The van der Waals surface area contributed by atoms with Crippen molar-refractivity contribution in [2.24, 2.45) is 0 Å². The second kappa shape index (κ2) is 5.79. The first-order valence-corrected chi connectivity index (χ1v) is 7.15. The zero-order valence-electron chi connectivity index (χ0n) is 9.53. The number of rotatable bonds is 4. The fourth-order valence-electron chi connectivity index (χ4n) is 1.35. The summed E-state index contributed by atoms with van der Waals surface area (Å²) in [7, 11) is 0. The van der Waals surface area contributed by atoms with Crippen LogP contribution in [0.25, 0.3) is 0 Å². The Hall–Kier alpha value is -1.28. The Bertz CT molecular complexity index is 593. The van der Waals surface area contributed by atoms with Crippen LogP contribution in [0.2, 0.25) is 0 Å². The van der Waals surface area contributed by atoms with Crippen molar-refractivity contribution in [1.82, 2.24) is 9.97 Å². The third-order valence-electron chi connectivity index (χ3n) is 2.18. The lowest BCUT2D eigenvalue weighted by molar-refractivity contribution is -0.141. The first kappa shape index (κ1) is 14.1. The van der Waals surface area contributed by atoms with Gasteiger partial charge < -0.3 is 4.98 Å². The van der Waals surface area contributed by atoms with Gasteiger partial charge in [0.25, 0.3) is 5.56 Å². The fourth-order valence-corrected chi connectivity index (χ4v) is 3.04. The highest BCUT2D eigenvalue weighted by molar-refractivity contribution is 7.99. The lowest BCUT2D eigenvalue weighted by atomic mass is 10.4. The molecule has 8 heteroatoms. The summed E-state index contributed by atoms with van der Waals surface area (Å²) in [6.07, 6.45) is -3.88. The SMILES string of the molecule is O=c1cc(C(F)(F)F)nc(SCCc2cccs2)[nH]1. The number of hydrogen-bond donors (Lipinski definition) is 1. The van der Waals surface area contributed by atoms with Crippen molar-refractivity contribution in [3.63, 3.8) is 0 Å². The molecule has 3 nitrogen and oxygen atoms in total. The Labute approximate surface area is 114 Å². The number of halogens is 3. The van der Waals surface area contributed by atoms with Gasteiger partial charge in [0.1, 0.15) is 0 Å². The van der Waals surface area contributed by atoms with E-state index in [4.69, 9.17) is 0 Å². The van der Waals surface area contributed by atoms with Crippen LogP contribution in [-0.2, 0) is 12.6 Å². The van der Waals surface area contributed by atoms with E-state index >= 15 is 0 Å². The van der Waals surface area contributed by atoms with Gasteiger partial charge in [-0.25, -0.2) is 4.98 Å². The van der Waals surface area contributed by atoms with Crippen molar-refractivity contribution in [3.05, 3.63) is 44.5 Å². The molecule has 0 bridgehead atoms. The number of aryl methyl sites for hydroxylation is 1. The summed E-state index contributed by atoms with van der Waals surface area (Å²) in [6.45, 7) is 0. The number of thiophene rings is 1. The Balaban J connectivity index is 2.04. The van der Waals surface area contributed by atoms with Crippen molar-refractivity contribution in [3.8, 4) is 0 Å². The topological polar surface area (TPSA) is 45.8 Å². The minimum atomic E-state index is -4.60. The molecule has 2 heterocycles. The Kier molecular flexibility index (Phi) is 4.31. The van der Waals surface area contributed by atoms with Gasteiger partial charge in [-0.2, -0.15) is 13.2 Å². The van der Waals surface area contributed by atoms with Crippen molar-refractivity contribution in [2.75, 3.05) is 5.75 Å². The number of aromatic amines is 1. The molecule has 0 atom stereocenters. The van der Waals surface area contributed by atoms with Crippen LogP contribution in [-0.4, -0.2) is 15.7 Å². The van der Waals surface area contributed by atoms with E-state index in [1.807, 2.05) is 17.5 Å². The van der Waals surface area contributed by atoms with Crippen LogP contribution in [0.4, 0.5) is 13.2 Å². The molecular weight excluding hydrogens is 297 g/mol. The average Bonchev–Trinajstić information content (AvgIpc) is 2.80. The first-order valence-electron chi connectivity index (χ1n) is 5.29. The van der Waals surface area contributed by atoms with Gasteiger partial charge in [-0.1, -0.05) is 17.8 Å². The highest BCUT2D eigenvalue weighted by Gasteiger charge is 2.33. The number of nitrogens with zero attached hydrogens (tertiary/aromatic N) is 1. The summed E-state index contributed by atoms with van der Waals surface area (Å²) in [5.41, 5.74) is -1.95. The van der Waals surface area contributed by atoms with Gasteiger partial charge in [0.2, 0.25) is 0 Å². The maximum Gasteiger partial charge on any atom is 0.433 e. The van der Waals surface area contributed by atoms with Crippen LogP contribution in [0.3, 0.4) is 0 Å². The van der Waals surface area contributed by atoms with Crippen LogP contribution in [0.15, 0.2) is 33.5 Å². The molecule has 0 aromatic carbocycles. The molecular formula is C11H9F3N2OS2. The first-order chi connectivity index (χ1) is 8.95. The van der Waals surface area contributed by atoms with E-state index in [1.165, 1.54) is 0 Å². The molecule has 0 aliphatic heterocycles. The number of H-pyrrole nitrogens is 1. The molecule has 2 rings (SSSR count). The van der Waals surface area contributed by atoms with Gasteiger partial charge in [-0.15, -0.1) is 11.3 Å². The summed E-state index contributed by atoms with van der Waals surface area (Å²) in [5, 5.41) is 1.93. The number of nitrogens with one attached hydrogen (secondary N) is 1. The normalized spacial score (nSPS) is 11.7.